The molecule has 0 bridgehead atoms. The molecule has 1 saturated heterocycles. The highest BCUT2D eigenvalue weighted by molar-refractivity contribution is 5.89. The van der Waals surface area contributed by atoms with E-state index in [0.717, 1.165) is 12.8 Å². The monoisotopic (exact) mass is 545 g/mol. The highest BCUT2D eigenvalue weighted by Gasteiger charge is 2.49. The van der Waals surface area contributed by atoms with E-state index in [9.17, 15) is 9.59 Å². The van der Waals surface area contributed by atoms with Crippen LogP contribution in [-0.2, 0) is 14.2 Å². The lowest BCUT2D eigenvalue weighted by Crippen LogP contribution is -2.54. The molecule has 0 aromatic heterocycles. The fourth-order valence-corrected chi connectivity index (χ4v) is 5.25. The van der Waals surface area contributed by atoms with Crippen LogP contribution in [0.3, 0.4) is 0 Å². The number of benzene rings is 1. The number of amides is 1. The van der Waals surface area contributed by atoms with Gasteiger partial charge in [0.05, 0.1) is 18.2 Å². The molecule has 1 heterocycles. The fourth-order valence-electron chi connectivity index (χ4n) is 5.25. The molecule has 0 N–H and O–H groups in total. The minimum Gasteiger partial charge on any atom is -0.456 e. The molecule has 222 valence electrons. The molecule has 1 aromatic rings. The van der Waals surface area contributed by atoms with Crippen LogP contribution in [0.2, 0.25) is 0 Å². The zero-order valence-corrected chi connectivity index (χ0v) is 25.6. The Morgan fingerprint density at radius 3 is 1.92 bits per heavy atom. The van der Waals surface area contributed by atoms with Crippen molar-refractivity contribution in [3.63, 3.8) is 0 Å². The van der Waals surface area contributed by atoms with Gasteiger partial charge in [0.1, 0.15) is 17.4 Å². The van der Waals surface area contributed by atoms with Gasteiger partial charge in [0.25, 0.3) is 0 Å². The van der Waals surface area contributed by atoms with E-state index < -0.39 is 29.6 Å². The van der Waals surface area contributed by atoms with Crippen molar-refractivity contribution in [1.29, 1.82) is 0 Å². The van der Waals surface area contributed by atoms with Crippen LogP contribution in [0.5, 0.6) is 0 Å². The Kier molecular flexibility index (Phi) is 14.3. The molecule has 1 amide bonds. The summed E-state index contributed by atoms with van der Waals surface area (Å²) in [5, 5.41) is 0. The first kappa shape index (κ1) is 33.1. The molecule has 6 heteroatoms. The number of carbonyl (C=O) groups is 2. The Balaban J connectivity index is 1.89. The van der Waals surface area contributed by atoms with Gasteiger partial charge in [0.2, 0.25) is 0 Å². The second kappa shape index (κ2) is 16.9. The summed E-state index contributed by atoms with van der Waals surface area (Å²) >= 11 is 0. The fraction of sp³-hybridized carbons (Fsp3) is 0.758. The van der Waals surface area contributed by atoms with Crippen LogP contribution < -0.4 is 0 Å². The maximum absolute atomic E-state index is 13.2. The van der Waals surface area contributed by atoms with Gasteiger partial charge in [-0.1, -0.05) is 102 Å². The topological polar surface area (TPSA) is 65.1 Å². The summed E-state index contributed by atoms with van der Waals surface area (Å²) in [6.45, 7) is 11.8. The molecule has 0 saturated carbocycles. The molecule has 0 unspecified atom stereocenters. The molecule has 0 aliphatic carbocycles. The van der Waals surface area contributed by atoms with Gasteiger partial charge in [-0.25, -0.2) is 9.59 Å². The summed E-state index contributed by atoms with van der Waals surface area (Å²) in [5.41, 5.74) is -0.971. The molecule has 1 aromatic carbocycles. The SMILES string of the molecule is CCCCCCCCCCCCCCC[C@@H](OC(=O)c1ccccc1)[C@@H]1COC(C)(C)N1C(=O)OC(C)(C)C. The summed E-state index contributed by atoms with van der Waals surface area (Å²) < 4.78 is 17.8. The zero-order valence-electron chi connectivity index (χ0n) is 25.6. The Hall–Kier alpha value is -2.08. The summed E-state index contributed by atoms with van der Waals surface area (Å²) in [4.78, 5) is 27.9. The molecule has 39 heavy (non-hydrogen) atoms. The average Bonchev–Trinajstić information content (AvgIpc) is 3.20. The number of nitrogens with zero attached hydrogens (tertiary/aromatic N) is 1. The Morgan fingerprint density at radius 2 is 1.41 bits per heavy atom. The minimum atomic E-state index is -0.847. The molecule has 0 spiro atoms. The van der Waals surface area contributed by atoms with Crippen LogP contribution in [0.1, 0.15) is 142 Å². The first-order valence-corrected chi connectivity index (χ1v) is 15.5. The summed E-state index contributed by atoms with van der Waals surface area (Å²) in [5.74, 6) is -0.371. The van der Waals surface area contributed by atoms with Gasteiger partial charge in [-0.2, -0.15) is 0 Å². The Labute approximate surface area is 238 Å². The highest BCUT2D eigenvalue weighted by atomic mass is 16.6. The number of hydrogen-bond donors (Lipinski definition) is 0. The zero-order chi connectivity index (χ0) is 28.7. The number of unbranched alkanes of at least 4 members (excludes halogenated alkanes) is 12. The van der Waals surface area contributed by atoms with E-state index in [1.165, 1.54) is 70.6 Å². The summed E-state index contributed by atoms with van der Waals surface area (Å²) in [6.07, 6.45) is 16.4. The Bertz CT molecular complexity index is 832. The molecular weight excluding hydrogens is 490 g/mol. The third kappa shape index (κ3) is 12.3. The van der Waals surface area contributed by atoms with E-state index in [4.69, 9.17) is 14.2 Å². The van der Waals surface area contributed by atoms with E-state index in [0.29, 0.717) is 18.6 Å². The third-order valence-corrected chi connectivity index (χ3v) is 7.40. The average molecular weight is 546 g/mol. The van der Waals surface area contributed by atoms with Crippen LogP contribution in [0.25, 0.3) is 0 Å². The maximum Gasteiger partial charge on any atom is 0.413 e. The van der Waals surface area contributed by atoms with Gasteiger partial charge in [-0.3, -0.25) is 4.90 Å². The standard InChI is InChI=1S/C33H55NO5/c1-7-8-9-10-11-12-13-14-15-16-17-18-22-25-29(38-30(35)27-23-20-19-21-24-27)28-26-37-33(5,6)34(28)31(36)39-32(2,3)4/h19-21,23-24,28-29H,7-18,22,25-26H2,1-6H3/t28-,29+/m0/s1. The second-order valence-electron chi connectivity index (χ2n) is 12.5. The van der Waals surface area contributed by atoms with Crippen molar-refractivity contribution in [3.05, 3.63) is 35.9 Å². The van der Waals surface area contributed by atoms with Crippen molar-refractivity contribution in [2.75, 3.05) is 6.61 Å². The molecule has 1 aliphatic rings. The van der Waals surface area contributed by atoms with Gasteiger partial charge in [0.15, 0.2) is 0 Å². The number of ether oxygens (including phenoxy) is 3. The molecule has 0 radical (unpaired) electrons. The van der Waals surface area contributed by atoms with Gasteiger partial charge in [-0.15, -0.1) is 0 Å². The van der Waals surface area contributed by atoms with Gasteiger partial charge in [-0.05, 0) is 59.6 Å². The number of hydrogen-bond acceptors (Lipinski definition) is 5. The van der Waals surface area contributed by atoms with Gasteiger partial charge >= 0.3 is 12.1 Å². The lowest BCUT2D eigenvalue weighted by Gasteiger charge is -2.37. The molecule has 2 rings (SSSR count). The van der Waals surface area contributed by atoms with Crippen LogP contribution in [0, 0.1) is 0 Å². The first-order valence-electron chi connectivity index (χ1n) is 15.5. The first-order chi connectivity index (χ1) is 18.5. The minimum absolute atomic E-state index is 0.303. The largest absolute Gasteiger partial charge is 0.456 e. The van der Waals surface area contributed by atoms with Crippen LogP contribution in [0.4, 0.5) is 4.79 Å². The van der Waals surface area contributed by atoms with E-state index in [1.807, 2.05) is 52.8 Å². The van der Waals surface area contributed by atoms with Crippen molar-refractivity contribution < 1.29 is 23.8 Å². The molecular formula is C33H55NO5. The third-order valence-electron chi connectivity index (χ3n) is 7.40. The van der Waals surface area contributed by atoms with E-state index in [2.05, 4.69) is 6.92 Å². The summed E-state index contributed by atoms with van der Waals surface area (Å²) in [6, 6.07) is 8.63. The van der Waals surface area contributed by atoms with Crippen molar-refractivity contribution in [1.82, 2.24) is 4.90 Å². The second-order valence-corrected chi connectivity index (χ2v) is 12.5. The van der Waals surface area contributed by atoms with Crippen LogP contribution in [-0.4, -0.2) is 47.0 Å². The number of carbonyl (C=O) groups excluding carboxylic acids is 2. The Morgan fingerprint density at radius 1 is 0.897 bits per heavy atom. The van der Waals surface area contributed by atoms with Crippen LogP contribution >= 0.6 is 0 Å². The van der Waals surface area contributed by atoms with Crippen molar-refractivity contribution in [3.8, 4) is 0 Å². The van der Waals surface area contributed by atoms with Gasteiger partial charge < -0.3 is 14.2 Å². The quantitative estimate of drug-likeness (QED) is 0.144. The lowest BCUT2D eigenvalue weighted by atomic mass is 10.0. The van der Waals surface area contributed by atoms with Crippen molar-refractivity contribution in [2.24, 2.45) is 0 Å². The smallest absolute Gasteiger partial charge is 0.413 e. The maximum atomic E-state index is 13.2. The lowest BCUT2D eigenvalue weighted by molar-refractivity contribution is -0.0698. The van der Waals surface area contributed by atoms with Crippen LogP contribution in [0.15, 0.2) is 30.3 Å². The number of rotatable bonds is 17. The normalized spacial score (nSPS) is 17.7. The summed E-state index contributed by atoms with van der Waals surface area (Å²) in [7, 11) is 0. The molecule has 1 fully saturated rings. The van der Waals surface area contributed by atoms with E-state index >= 15 is 0 Å². The van der Waals surface area contributed by atoms with Crippen molar-refractivity contribution in [2.45, 2.75) is 155 Å². The van der Waals surface area contributed by atoms with E-state index in [-0.39, 0.29) is 5.97 Å². The highest BCUT2D eigenvalue weighted by Crippen LogP contribution is 2.33. The molecule has 6 nitrogen and oxygen atoms in total. The number of esters is 1. The predicted octanol–water partition coefficient (Wildman–Crippen LogP) is 9.07. The predicted molar refractivity (Wildman–Crippen MR) is 158 cm³/mol. The molecule has 1 aliphatic heterocycles. The van der Waals surface area contributed by atoms with Gasteiger partial charge in [0, 0.05) is 0 Å². The molecule has 2 atom stereocenters. The van der Waals surface area contributed by atoms with E-state index in [1.54, 1.807) is 17.0 Å². The van der Waals surface area contributed by atoms with Crippen molar-refractivity contribution >= 4 is 12.1 Å².